The standard InChI is InChI=1S/C16H17N5O2S/c1-23-14-5-3-2-4-13(14)16-19-8-12(24-16)7-18-15(22)10-21-9-11(17)6-20-21/h2-6,8-9H,7,10,17H2,1H3,(H,18,22). The van der Waals surface area contributed by atoms with E-state index in [4.69, 9.17) is 10.5 Å². The van der Waals surface area contributed by atoms with Crippen LogP contribution in [0.15, 0.2) is 42.9 Å². The molecule has 3 N–H and O–H groups in total. The number of carbonyl (C=O) groups excluding carboxylic acids is 1. The van der Waals surface area contributed by atoms with Crippen LogP contribution in [0.5, 0.6) is 5.75 Å². The Hall–Kier alpha value is -2.87. The molecule has 0 aliphatic rings. The third-order valence-corrected chi connectivity index (χ3v) is 4.34. The molecule has 0 spiro atoms. The SMILES string of the molecule is COc1ccccc1-c1ncc(CNC(=O)Cn2cc(N)cn2)s1. The van der Waals surface area contributed by atoms with Crippen LogP contribution in [0.1, 0.15) is 4.88 Å². The Morgan fingerprint density at radius 2 is 2.21 bits per heavy atom. The molecule has 24 heavy (non-hydrogen) atoms. The predicted octanol–water partition coefficient (Wildman–Crippen LogP) is 1.91. The second kappa shape index (κ2) is 7.14. The van der Waals surface area contributed by atoms with E-state index in [1.807, 2.05) is 24.3 Å². The number of rotatable bonds is 6. The number of methoxy groups -OCH3 is 1. The van der Waals surface area contributed by atoms with E-state index in [1.165, 1.54) is 22.2 Å². The molecule has 0 fully saturated rings. The number of anilines is 1. The van der Waals surface area contributed by atoms with Gasteiger partial charge in [0.2, 0.25) is 5.91 Å². The highest BCUT2D eigenvalue weighted by Gasteiger charge is 2.10. The number of hydrogen-bond donors (Lipinski definition) is 2. The highest BCUT2D eigenvalue weighted by molar-refractivity contribution is 7.15. The monoisotopic (exact) mass is 343 g/mol. The minimum Gasteiger partial charge on any atom is -0.496 e. The second-order valence-electron chi connectivity index (χ2n) is 5.08. The molecule has 3 aromatic rings. The number of thiazole rings is 1. The molecule has 1 amide bonds. The van der Waals surface area contributed by atoms with Crippen LogP contribution in [-0.4, -0.2) is 27.8 Å². The van der Waals surface area contributed by atoms with Crippen LogP contribution in [0.3, 0.4) is 0 Å². The summed E-state index contributed by atoms with van der Waals surface area (Å²) in [5, 5.41) is 7.69. The minimum atomic E-state index is -0.134. The van der Waals surface area contributed by atoms with Gasteiger partial charge in [0.15, 0.2) is 0 Å². The number of para-hydroxylation sites is 1. The van der Waals surface area contributed by atoms with Crippen molar-refractivity contribution in [2.24, 2.45) is 0 Å². The molecule has 2 heterocycles. The summed E-state index contributed by atoms with van der Waals surface area (Å²) in [5.74, 6) is 0.643. The first-order valence-corrected chi connectivity index (χ1v) is 8.10. The zero-order chi connectivity index (χ0) is 16.9. The molecule has 0 unspecified atom stereocenters. The van der Waals surface area contributed by atoms with Crippen molar-refractivity contribution in [3.8, 4) is 16.3 Å². The number of aromatic nitrogens is 3. The molecular weight excluding hydrogens is 326 g/mol. The fourth-order valence-corrected chi connectivity index (χ4v) is 3.07. The molecule has 1 aromatic carbocycles. The van der Waals surface area contributed by atoms with Crippen molar-refractivity contribution in [3.05, 3.63) is 47.7 Å². The van der Waals surface area contributed by atoms with Gasteiger partial charge in [-0.25, -0.2) is 4.98 Å². The van der Waals surface area contributed by atoms with Gasteiger partial charge in [0.1, 0.15) is 17.3 Å². The molecule has 2 aromatic heterocycles. The van der Waals surface area contributed by atoms with Crippen molar-refractivity contribution in [1.29, 1.82) is 0 Å². The second-order valence-corrected chi connectivity index (χ2v) is 6.20. The number of amides is 1. The molecule has 0 saturated carbocycles. The summed E-state index contributed by atoms with van der Waals surface area (Å²) >= 11 is 1.52. The van der Waals surface area contributed by atoms with E-state index in [2.05, 4.69) is 15.4 Å². The van der Waals surface area contributed by atoms with Gasteiger partial charge in [0, 0.05) is 17.3 Å². The molecule has 8 heteroatoms. The first-order chi connectivity index (χ1) is 11.7. The Morgan fingerprint density at radius 3 is 2.96 bits per heavy atom. The molecule has 124 valence electrons. The van der Waals surface area contributed by atoms with E-state index in [9.17, 15) is 4.79 Å². The average molecular weight is 343 g/mol. The molecule has 0 radical (unpaired) electrons. The average Bonchev–Trinajstić information content (AvgIpc) is 3.22. The molecule has 3 rings (SSSR count). The summed E-state index contributed by atoms with van der Waals surface area (Å²) in [6.45, 7) is 0.553. The summed E-state index contributed by atoms with van der Waals surface area (Å²) in [5.41, 5.74) is 7.04. The van der Waals surface area contributed by atoms with Crippen molar-refractivity contribution >= 4 is 22.9 Å². The van der Waals surface area contributed by atoms with Crippen LogP contribution in [0.25, 0.3) is 10.6 Å². The third kappa shape index (κ3) is 3.72. The summed E-state index contributed by atoms with van der Waals surface area (Å²) in [6.07, 6.45) is 4.89. The fourth-order valence-electron chi connectivity index (χ4n) is 2.19. The Labute approximate surface area is 143 Å². The number of nitrogen functional groups attached to an aromatic ring is 1. The minimum absolute atomic E-state index is 0.134. The van der Waals surface area contributed by atoms with Crippen molar-refractivity contribution in [2.75, 3.05) is 12.8 Å². The Bertz CT molecular complexity index is 842. The summed E-state index contributed by atoms with van der Waals surface area (Å²) in [7, 11) is 1.63. The fraction of sp³-hybridized carbons (Fsp3) is 0.188. The van der Waals surface area contributed by atoms with Gasteiger partial charge >= 0.3 is 0 Å². The van der Waals surface area contributed by atoms with Gasteiger partial charge in [-0.2, -0.15) is 5.10 Å². The molecule has 0 aliphatic carbocycles. The zero-order valence-electron chi connectivity index (χ0n) is 13.1. The van der Waals surface area contributed by atoms with Crippen LogP contribution in [0.4, 0.5) is 5.69 Å². The highest BCUT2D eigenvalue weighted by Crippen LogP contribution is 2.32. The molecular formula is C16H17N5O2S. The first-order valence-electron chi connectivity index (χ1n) is 7.28. The molecule has 0 saturated heterocycles. The van der Waals surface area contributed by atoms with E-state index < -0.39 is 0 Å². The smallest absolute Gasteiger partial charge is 0.242 e. The topological polar surface area (TPSA) is 95.1 Å². The number of hydrogen-bond acceptors (Lipinski definition) is 6. The van der Waals surface area contributed by atoms with Crippen LogP contribution in [0, 0.1) is 0 Å². The van der Waals surface area contributed by atoms with E-state index in [0.717, 1.165) is 21.2 Å². The Balaban J connectivity index is 1.61. The van der Waals surface area contributed by atoms with Crippen molar-refractivity contribution < 1.29 is 9.53 Å². The van der Waals surface area contributed by atoms with Crippen LogP contribution in [0.2, 0.25) is 0 Å². The van der Waals surface area contributed by atoms with Crippen molar-refractivity contribution in [2.45, 2.75) is 13.1 Å². The lowest BCUT2D eigenvalue weighted by molar-refractivity contribution is -0.122. The van der Waals surface area contributed by atoms with Gasteiger partial charge in [-0.3, -0.25) is 9.48 Å². The van der Waals surface area contributed by atoms with Gasteiger partial charge < -0.3 is 15.8 Å². The number of ether oxygens (including phenoxy) is 1. The van der Waals surface area contributed by atoms with Gasteiger partial charge in [-0.15, -0.1) is 11.3 Å². The van der Waals surface area contributed by atoms with Gasteiger partial charge in [0.25, 0.3) is 0 Å². The van der Waals surface area contributed by atoms with Gasteiger partial charge in [0.05, 0.1) is 31.1 Å². The van der Waals surface area contributed by atoms with Crippen molar-refractivity contribution in [3.63, 3.8) is 0 Å². The number of carbonyl (C=O) groups is 1. The van der Waals surface area contributed by atoms with Crippen LogP contribution >= 0.6 is 11.3 Å². The quantitative estimate of drug-likeness (QED) is 0.713. The molecule has 0 aliphatic heterocycles. The lowest BCUT2D eigenvalue weighted by Gasteiger charge is -2.05. The van der Waals surface area contributed by atoms with Crippen LogP contribution in [-0.2, 0) is 17.9 Å². The summed E-state index contributed by atoms with van der Waals surface area (Å²) < 4.78 is 6.85. The Morgan fingerprint density at radius 1 is 1.38 bits per heavy atom. The normalized spacial score (nSPS) is 10.5. The van der Waals surface area contributed by atoms with E-state index >= 15 is 0 Å². The van der Waals surface area contributed by atoms with E-state index in [1.54, 1.807) is 19.5 Å². The zero-order valence-corrected chi connectivity index (χ0v) is 13.9. The van der Waals surface area contributed by atoms with Gasteiger partial charge in [-0.05, 0) is 12.1 Å². The Kier molecular flexibility index (Phi) is 4.76. The number of benzene rings is 1. The van der Waals surface area contributed by atoms with E-state index in [0.29, 0.717) is 12.2 Å². The summed E-state index contributed by atoms with van der Waals surface area (Å²) in [4.78, 5) is 17.3. The maximum Gasteiger partial charge on any atom is 0.242 e. The molecule has 7 nitrogen and oxygen atoms in total. The van der Waals surface area contributed by atoms with Crippen LogP contribution < -0.4 is 15.8 Å². The maximum atomic E-state index is 11.9. The van der Waals surface area contributed by atoms with Gasteiger partial charge in [-0.1, -0.05) is 12.1 Å². The largest absolute Gasteiger partial charge is 0.496 e. The van der Waals surface area contributed by atoms with E-state index in [-0.39, 0.29) is 12.5 Å². The first kappa shape index (κ1) is 16.0. The number of nitrogens with two attached hydrogens (primary N) is 1. The number of nitrogens with one attached hydrogen (secondary N) is 1. The lowest BCUT2D eigenvalue weighted by atomic mass is 10.2. The lowest BCUT2D eigenvalue weighted by Crippen LogP contribution is -2.26. The van der Waals surface area contributed by atoms with Crippen molar-refractivity contribution in [1.82, 2.24) is 20.1 Å². The third-order valence-electron chi connectivity index (χ3n) is 3.31. The maximum absolute atomic E-state index is 11.9. The molecule has 0 bridgehead atoms. The predicted molar refractivity (Wildman–Crippen MR) is 92.6 cm³/mol. The molecule has 0 atom stereocenters. The highest BCUT2D eigenvalue weighted by atomic mass is 32.1. The number of nitrogens with zero attached hydrogens (tertiary/aromatic N) is 3. The summed E-state index contributed by atoms with van der Waals surface area (Å²) in [6, 6.07) is 7.71.